The van der Waals surface area contributed by atoms with Gasteiger partial charge in [-0.15, -0.1) is 0 Å². The fourth-order valence-corrected chi connectivity index (χ4v) is 3.87. The fraction of sp³-hybridized carbons (Fsp3) is 0.550. The van der Waals surface area contributed by atoms with E-state index in [0.717, 1.165) is 35.5 Å². The van der Waals surface area contributed by atoms with Crippen molar-refractivity contribution in [2.45, 2.75) is 57.0 Å². The molecule has 24 heavy (non-hydrogen) atoms. The summed E-state index contributed by atoms with van der Waals surface area (Å²) in [7, 11) is 1.67. The number of aliphatic hydroxyl groups excluding tert-OH is 1. The average molecular weight is 326 g/mol. The molecule has 2 aromatic rings. The number of hydrogen-bond acceptors (Lipinski definition) is 3. The maximum atomic E-state index is 11.0. The highest BCUT2D eigenvalue weighted by Crippen LogP contribution is 2.45. The summed E-state index contributed by atoms with van der Waals surface area (Å²) in [4.78, 5) is 0. The van der Waals surface area contributed by atoms with Crippen LogP contribution in [0.25, 0.3) is 5.69 Å². The molecule has 1 atom stereocenters. The minimum absolute atomic E-state index is 0.368. The van der Waals surface area contributed by atoms with E-state index in [-0.39, 0.29) is 6.10 Å². The van der Waals surface area contributed by atoms with Gasteiger partial charge in [-0.2, -0.15) is 5.10 Å². The zero-order chi connectivity index (χ0) is 16.5. The molecule has 2 saturated carbocycles. The molecule has 0 radical (unpaired) electrons. The molecule has 0 amide bonds. The van der Waals surface area contributed by atoms with Gasteiger partial charge in [-0.1, -0.05) is 19.3 Å². The van der Waals surface area contributed by atoms with Crippen molar-refractivity contribution in [1.82, 2.24) is 9.78 Å². The second-order valence-corrected chi connectivity index (χ2v) is 7.23. The van der Waals surface area contributed by atoms with Crippen molar-refractivity contribution in [1.29, 1.82) is 0 Å². The van der Waals surface area contributed by atoms with E-state index in [1.165, 1.54) is 32.1 Å². The normalized spacial score (nSPS) is 20.1. The molecule has 2 aliphatic carbocycles. The zero-order valence-electron chi connectivity index (χ0n) is 14.3. The summed E-state index contributed by atoms with van der Waals surface area (Å²) in [5.74, 6) is 1.78. The zero-order valence-corrected chi connectivity index (χ0v) is 14.3. The molecule has 128 valence electrons. The Morgan fingerprint density at radius 2 is 1.79 bits per heavy atom. The van der Waals surface area contributed by atoms with E-state index < -0.39 is 0 Å². The number of aromatic nitrogens is 2. The molecule has 1 heterocycles. The highest BCUT2D eigenvalue weighted by Gasteiger charge is 2.34. The van der Waals surface area contributed by atoms with Crippen molar-refractivity contribution < 1.29 is 9.84 Å². The summed E-state index contributed by atoms with van der Waals surface area (Å²) >= 11 is 0. The molecule has 4 nitrogen and oxygen atoms in total. The molecule has 0 bridgehead atoms. The number of nitrogens with zero attached hydrogens (tertiary/aromatic N) is 2. The minimum atomic E-state index is -0.368. The van der Waals surface area contributed by atoms with Crippen molar-refractivity contribution in [3.05, 3.63) is 41.7 Å². The van der Waals surface area contributed by atoms with Crippen molar-refractivity contribution in [3.8, 4) is 11.4 Å². The number of ether oxygens (including phenoxy) is 1. The van der Waals surface area contributed by atoms with E-state index >= 15 is 0 Å². The van der Waals surface area contributed by atoms with Gasteiger partial charge in [0.15, 0.2) is 0 Å². The third-order valence-electron chi connectivity index (χ3n) is 5.49. The molecule has 2 fully saturated rings. The summed E-state index contributed by atoms with van der Waals surface area (Å²) in [6.07, 6.45) is 10.2. The summed E-state index contributed by atoms with van der Waals surface area (Å²) < 4.78 is 7.16. The standard InChI is InChI=1S/C20H26N2O2/c1-24-17-11-9-16(10-12-17)22-13-18(19(21-22)14-7-8-14)20(23)15-5-3-2-4-6-15/h9-15,20,23H,2-8H2,1H3. The predicted octanol–water partition coefficient (Wildman–Crippen LogP) is 4.37. The van der Waals surface area contributed by atoms with Crippen LogP contribution in [0.2, 0.25) is 0 Å². The second-order valence-electron chi connectivity index (χ2n) is 7.23. The Kier molecular flexibility index (Phi) is 4.31. The molecule has 0 spiro atoms. The van der Waals surface area contributed by atoms with Crippen molar-refractivity contribution in [2.24, 2.45) is 5.92 Å². The Labute approximate surface area is 143 Å². The van der Waals surface area contributed by atoms with Crippen LogP contribution in [0.15, 0.2) is 30.5 Å². The van der Waals surface area contributed by atoms with Crippen molar-refractivity contribution >= 4 is 0 Å². The summed E-state index contributed by atoms with van der Waals surface area (Å²) in [6, 6.07) is 7.93. The minimum Gasteiger partial charge on any atom is -0.497 e. The summed E-state index contributed by atoms with van der Waals surface area (Å²) in [6.45, 7) is 0. The van der Waals surface area contributed by atoms with Crippen LogP contribution in [0.1, 0.15) is 68.2 Å². The van der Waals surface area contributed by atoms with Gasteiger partial charge < -0.3 is 9.84 Å². The molecule has 1 unspecified atom stereocenters. The Morgan fingerprint density at radius 3 is 2.42 bits per heavy atom. The first-order valence-corrected chi connectivity index (χ1v) is 9.18. The monoisotopic (exact) mass is 326 g/mol. The molecule has 2 aliphatic rings. The van der Waals surface area contributed by atoms with Gasteiger partial charge >= 0.3 is 0 Å². The van der Waals surface area contributed by atoms with Gasteiger partial charge in [0.1, 0.15) is 5.75 Å². The van der Waals surface area contributed by atoms with Gasteiger partial charge in [0.2, 0.25) is 0 Å². The van der Waals surface area contributed by atoms with E-state index in [2.05, 4.69) is 6.20 Å². The molecule has 4 rings (SSSR count). The topological polar surface area (TPSA) is 47.3 Å². The van der Waals surface area contributed by atoms with Crippen molar-refractivity contribution in [3.63, 3.8) is 0 Å². The van der Waals surface area contributed by atoms with Crippen LogP contribution in [-0.4, -0.2) is 22.0 Å². The van der Waals surface area contributed by atoms with E-state index in [0.29, 0.717) is 11.8 Å². The third-order valence-corrected chi connectivity index (χ3v) is 5.49. The maximum Gasteiger partial charge on any atom is 0.119 e. The highest BCUT2D eigenvalue weighted by molar-refractivity contribution is 5.39. The Morgan fingerprint density at radius 1 is 1.08 bits per heavy atom. The fourth-order valence-electron chi connectivity index (χ4n) is 3.87. The van der Waals surface area contributed by atoms with E-state index in [9.17, 15) is 5.11 Å². The lowest BCUT2D eigenvalue weighted by Crippen LogP contribution is -2.16. The van der Waals surface area contributed by atoms with Crippen LogP contribution in [0.4, 0.5) is 0 Å². The number of hydrogen-bond donors (Lipinski definition) is 1. The molecule has 1 N–H and O–H groups in total. The van der Waals surface area contributed by atoms with Gasteiger partial charge in [-0.05, 0) is 55.9 Å². The quantitative estimate of drug-likeness (QED) is 0.887. The predicted molar refractivity (Wildman–Crippen MR) is 93.6 cm³/mol. The van der Waals surface area contributed by atoms with Gasteiger partial charge in [0.25, 0.3) is 0 Å². The average Bonchev–Trinajstić information content (AvgIpc) is 3.40. The number of benzene rings is 1. The van der Waals surface area contributed by atoms with Crippen LogP contribution in [0, 0.1) is 5.92 Å². The number of rotatable bonds is 5. The first-order valence-electron chi connectivity index (χ1n) is 9.18. The van der Waals surface area contributed by atoms with Crippen molar-refractivity contribution in [2.75, 3.05) is 7.11 Å². The van der Waals surface area contributed by atoms with E-state index in [1.807, 2.05) is 28.9 Å². The molecular weight excluding hydrogens is 300 g/mol. The molecule has 1 aromatic carbocycles. The van der Waals surface area contributed by atoms with Crippen LogP contribution in [0.3, 0.4) is 0 Å². The molecule has 0 saturated heterocycles. The second kappa shape index (κ2) is 6.60. The third kappa shape index (κ3) is 3.07. The van der Waals surface area contributed by atoms with E-state index in [1.54, 1.807) is 7.11 Å². The first kappa shape index (κ1) is 15.7. The van der Waals surface area contributed by atoms with E-state index in [4.69, 9.17) is 9.84 Å². The molecule has 0 aliphatic heterocycles. The lowest BCUT2D eigenvalue weighted by atomic mass is 9.82. The molecular formula is C20H26N2O2. The first-order chi connectivity index (χ1) is 11.8. The van der Waals surface area contributed by atoms with Crippen LogP contribution < -0.4 is 4.74 Å². The Bertz CT molecular complexity index is 682. The lowest BCUT2D eigenvalue weighted by molar-refractivity contribution is 0.0840. The summed E-state index contributed by atoms with van der Waals surface area (Å²) in [5, 5.41) is 15.8. The van der Waals surface area contributed by atoms with Gasteiger partial charge in [-0.25, -0.2) is 4.68 Å². The van der Waals surface area contributed by atoms with Gasteiger partial charge in [0.05, 0.1) is 24.6 Å². The van der Waals surface area contributed by atoms with Gasteiger partial charge in [0, 0.05) is 17.7 Å². The summed E-state index contributed by atoms with van der Waals surface area (Å²) in [5.41, 5.74) is 3.18. The molecule has 4 heteroatoms. The Balaban J connectivity index is 1.64. The Hall–Kier alpha value is -1.81. The van der Waals surface area contributed by atoms with Crippen LogP contribution in [-0.2, 0) is 0 Å². The van der Waals surface area contributed by atoms with Crippen LogP contribution in [0.5, 0.6) is 5.75 Å². The smallest absolute Gasteiger partial charge is 0.119 e. The number of methoxy groups -OCH3 is 1. The maximum absolute atomic E-state index is 11.0. The largest absolute Gasteiger partial charge is 0.497 e. The van der Waals surface area contributed by atoms with Gasteiger partial charge in [-0.3, -0.25) is 0 Å². The highest BCUT2D eigenvalue weighted by atomic mass is 16.5. The number of aliphatic hydroxyl groups is 1. The van der Waals surface area contributed by atoms with Crippen LogP contribution >= 0.6 is 0 Å². The lowest BCUT2D eigenvalue weighted by Gasteiger charge is -2.26. The SMILES string of the molecule is COc1ccc(-n2cc(C(O)C3CCCCC3)c(C3CC3)n2)cc1. The molecule has 1 aromatic heterocycles.